The van der Waals surface area contributed by atoms with Crippen LogP contribution in [-0.4, -0.2) is 30.3 Å². The summed E-state index contributed by atoms with van der Waals surface area (Å²) in [6.07, 6.45) is 1.92. The normalized spacial score (nSPS) is 14.0. The number of methoxy groups -OCH3 is 1. The highest BCUT2D eigenvalue weighted by Gasteiger charge is 2.23. The van der Waals surface area contributed by atoms with Crippen LogP contribution in [0.1, 0.15) is 29.2 Å². The standard InChI is InChI=1S/C15H20N4O3S/c1-10-7-12(22-3)13(8-11(10)2)23(20,21)16-9-15-18-17-14-5-4-6-19(14)15/h7-8,16H,4-6,9H2,1-3H3. The Labute approximate surface area is 135 Å². The molecule has 0 spiro atoms. The highest BCUT2D eigenvalue weighted by Crippen LogP contribution is 2.27. The molecular weight excluding hydrogens is 316 g/mol. The second-order valence-corrected chi connectivity index (χ2v) is 7.43. The summed E-state index contributed by atoms with van der Waals surface area (Å²) >= 11 is 0. The quantitative estimate of drug-likeness (QED) is 0.890. The maximum Gasteiger partial charge on any atom is 0.244 e. The van der Waals surface area contributed by atoms with Crippen molar-refractivity contribution in [3.05, 3.63) is 34.9 Å². The number of nitrogens with zero attached hydrogens (tertiary/aromatic N) is 3. The van der Waals surface area contributed by atoms with Crippen LogP contribution >= 0.6 is 0 Å². The van der Waals surface area contributed by atoms with Gasteiger partial charge in [-0.25, -0.2) is 13.1 Å². The van der Waals surface area contributed by atoms with Crippen LogP contribution in [0.3, 0.4) is 0 Å². The number of sulfonamides is 1. The minimum atomic E-state index is -3.69. The second kappa shape index (κ2) is 5.93. The maximum atomic E-state index is 12.6. The fourth-order valence-corrected chi connectivity index (χ4v) is 3.93. The summed E-state index contributed by atoms with van der Waals surface area (Å²) in [6, 6.07) is 3.36. The Balaban J connectivity index is 1.86. The lowest BCUT2D eigenvalue weighted by Crippen LogP contribution is -2.25. The summed E-state index contributed by atoms with van der Waals surface area (Å²) in [5, 5.41) is 8.15. The van der Waals surface area contributed by atoms with Gasteiger partial charge in [0.2, 0.25) is 10.0 Å². The molecule has 2 aromatic rings. The van der Waals surface area contributed by atoms with Gasteiger partial charge in [0.15, 0.2) is 0 Å². The summed E-state index contributed by atoms with van der Waals surface area (Å²) in [5.41, 5.74) is 1.88. The summed E-state index contributed by atoms with van der Waals surface area (Å²) in [5.74, 6) is 1.90. The molecule has 1 N–H and O–H groups in total. The van der Waals surface area contributed by atoms with E-state index in [0.717, 1.165) is 36.3 Å². The zero-order valence-corrected chi connectivity index (χ0v) is 14.3. The van der Waals surface area contributed by atoms with Crippen LogP contribution in [0.15, 0.2) is 17.0 Å². The van der Waals surface area contributed by atoms with Gasteiger partial charge in [-0.1, -0.05) is 0 Å². The van der Waals surface area contributed by atoms with Gasteiger partial charge in [-0.2, -0.15) is 0 Å². The van der Waals surface area contributed by atoms with Crippen LogP contribution in [0, 0.1) is 13.8 Å². The Morgan fingerprint density at radius 1 is 1.26 bits per heavy atom. The Bertz CT molecular complexity index is 843. The van der Waals surface area contributed by atoms with Gasteiger partial charge in [-0.05, 0) is 43.5 Å². The molecule has 0 amide bonds. The first kappa shape index (κ1) is 15.9. The number of ether oxygens (including phenoxy) is 1. The Morgan fingerprint density at radius 3 is 2.74 bits per heavy atom. The molecule has 0 saturated heterocycles. The summed E-state index contributed by atoms with van der Waals surface area (Å²) in [7, 11) is -2.23. The molecule has 23 heavy (non-hydrogen) atoms. The van der Waals surface area contributed by atoms with E-state index in [1.165, 1.54) is 7.11 Å². The van der Waals surface area contributed by atoms with E-state index in [9.17, 15) is 8.42 Å². The van der Waals surface area contributed by atoms with Gasteiger partial charge < -0.3 is 9.30 Å². The SMILES string of the molecule is COc1cc(C)c(C)cc1S(=O)(=O)NCc1nnc2n1CCC2. The molecule has 7 nitrogen and oxygen atoms in total. The lowest BCUT2D eigenvalue weighted by molar-refractivity contribution is 0.401. The van der Waals surface area contributed by atoms with Gasteiger partial charge in [0.25, 0.3) is 0 Å². The van der Waals surface area contributed by atoms with Gasteiger partial charge in [0.1, 0.15) is 22.3 Å². The first-order valence-corrected chi connectivity index (χ1v) is 8.96. The summed E-state index contributed by atoms with van der Waals surface area (Å²) < 4.78 is 35.0. The minimum absolute atomic E-state index is 0.116. The van der Waals surface area contributed by atoms with E-state index < -0.39 is 10.0 Å². The van der Waals surface area contributed by atoms with E-state index in [-0.39, 0.29) is 11.4 Å². The molecule has 1 aromatic heterocycles. The van der Waals surface area contributed by atoms with Crippen molar-refractivity contribution in [3.8, 4) is 5.75 Å². The molecule has 1 aliphatic heterocycles. The summed E-state index contributed by atoms with van der Waals surface area (Å²) in [4.78, 5) is 0.143. The molecule has 0 bridgehead atoms. The van der Waals surface area contributed by atoms with E-state index >= 15 is 0 Å². The van der Waals surface area contributed by atoms with Crippen LogP contribution in [0.4, 0.5) is 0 Å². The van der Waals surface area contributed by atoms with Crippen molar-refractivity contribution in [2.75, 3.05) is 7.11 Å². The number of hydrogen-bond acceptors (Lipinski definition) is 5. The largest absolute Gasteiger partial charge is 0.495 e. The average molecular weight is 336 g/mol. The van der Waals surface area contributed by atoms with Crippen LogP contribution in [-0.2, 0) is 29.5 Å². The Hall–Kier alpha value is -1.93. The van der Waals surface area contributed by atoms with Crippen molar-refractivity contribution in [1.82, 2.24) is 19.5 Å². The molecule has 0 atom stereocenters. The summed E-state index contributed by atoms with van der Waals surface area (Å²) in [6.45, 7) is 4.75. The van der Waals surface area contributed by atoms with Crippen LogP contribution in [0.5, 0.6) is 5.75 Å². The lowest BCUT2D eigenvalue weighted by atomic mass is 10.1. The number of aromatic nitrogens is 3. The Morgan fingerprint density at radius 2 is 2.00 bits per heavy atom. The van der Waals surface area contributed by atoms with Crippen molar-refractivity contribution in [3.63, 3.8) is 0 Å². The smallest absolute Gasteiger partial charge is 0.244 e. The van der Waals surface area contributed by atoms with Gasteiger partial charge in [-0.15, -0.1) is 10.2 Å². The fraction of sp³-hybridized carbons (Fsp3) is 0.467. The van der Waals surface area contributed by atoms with E-state index in [2.05, 4.69) is 14.9 Å². The van der Waals surface area contributed by atoms with Crippen molar-refractivity contribution in [1.29, 1.82) is 0 Å². The molecule has 1 aliphatic rings. The van der Waals surface area contributed by atoms with Crippen molar-refractivity contribution in [2.24, 2.45) is 0 Å². The molecule has 8 heteroatoms. The zero-order chi connectivity index (χ0) is 16.6. The number of benzene rings is 1. The van der Waals surface area contributed by atoms with Gasteiger partial charge in [0.05, 0.1) is 13.7 Å². The predicted octanol–water partition coefficient (Wildman–Crippen LogP) is 1.33. The van der Waals surface area contributed by atoms with Crippen molar-refractivity contribution in [2.45, 2.75) is 44.7 Å². The molecular formula is C15H20N4O3S. The highest BCUT2D eigenvalue weighted by molar-refractivity contribution is 7.89. The number of fused-ring (bicyclic) bond motifs is 1. The third kappa shape index (κ3) is 2.96. The van der Waals surface area contributed by atoms with E-state index in [1.54, 1.807) is 12.1 Å². The first-order valence-electron chi connectivity index (χ1n) is 7.48. The molecule has 0 saturated carbocycles. The first-order chi connectivity index (χ1) is 10.9. The van der Waals surface area contributed by atoms with Crippen molar-refractivity contribution >= 4 is 10.0 Å². The van der Waals surface area contributed by atoms with Crippen LogP contribution in [0.25, 0.3) is 0 Å². The van der Waals surface area contributed by atoms with Gasteiger partial charge >= 0.3 is 0 Å². The van der Waals surface area contributed by atoms with Crippen LogP contribution in [0.2, 0.25) is 0 Å². The number of hydrogen-bond donors (Lipinski definition) is 1. The average Bonchev–Trinajstić information content (AvgIpc) is 3.11. The number of aryl methyl sites for hydroxylation is 3. The molecule has 1 aromatic carbocycles. The second-order valence-electron chi connectivity index (χ2n) is 5.70. The highest BCUT2D eigenvalue weighted by atomic mass is 32.2. The predicted molar refractivity (Wildman–Crippen MR) is 84.8 cm³/mol. The van der Waals surface area contributed by atoms with E-state index in [1.807, 2.05) is 18.4 Å². The zero-order valence-electron chi connectivity index (χ0n) is 13.5. The number of rotatable bonds is 5. The maximum absolute atomic E-state index is 12.6. The van der Waals surface area contributed by atoms with Gasteiger partial charge in [-0.3, -0.25) is 0 Å². The van der Waals surface area contributed by atoms with Crippen molar-refractivity contribution < 1.29 is 13.2 Å². The van der Waals surface area contributed by atoms with E-state index in [0.29, 0.717) is 11.6 Å². The third-order valence-corrected chi connectivity index (χ3v) is 5.60. The molecule has 2 heterocycles. The third-order valence-electron chi connectivity index (χ3n) is 4.18. The van der Waals surface area contributed by atoms with E-state index in [4.69, 9.17) is 4.74 Å². The van der Waals surface area contributed by atoms with Gasteiger partial charge in [0, 0.05) is 13.0 Å². The number of nitrogens with one attached hydrogen (secondary N) is 1. The topological polar surface area (TPSA) is 86.1 Å². The Kier molecular flexibility index (Phi) is 4.11. The lowest BCUT2D eigenvalue weighted by Gasteiger charge is -2.13. The molecule has 0 radical (unpaired) electrons. The molecule has 3 rings (SSSR count). The molecule has 0 aliphatic carbocycles. The molecule has 0 unspecified atom stereocenters. The molecule has 0 fully saturated rings. The molecule has 124 valence electrons. The fourth-order valence-electron chi connectivity index (χ4n) is 2.71. The van der Waals surface area contributed by atoms with Crippen LogP contribution < -0.4 is 9.46 Å². The monoisotopic (exact) mass is 336 g/mol. The minimum Gasteiger partial charge on any atom is -0.495 e.